The van der Waals surface area contributed by atoms with Gasteiger partial charge in [-0.25, -0.2) is 0 Å². The van der Waals surface area contributed by atoms with E-state index in [4.69, 9.17) is 4.74 Å². The van der Waals surface area contributed by atoms with Crippen LogP contribution < -0.4 is 0 Å². The van der Waals surface area contributed by atoms with E-state index in [1.807, 2.05) is 49.5 Å². The van der Waals surface area contributed by atoms with Gasteiger partial charge in [0.2, 0.25) is 0 Å². The maximum absolute atomic E-state index is 11.3. The Bertz CT molecular complexity index is 520. The highest BCUT2D eigenvalue weighted by atomic mass is 16.5. The molecule has 4 nitrogen and oxygen atoms in total. The summed E-state index contributed by atoms with van der Waals surface area (Å²) in [6.45, 7) is 2.36. The van der Waals surface area contributed by atoms with Crippen molar-refractivity contribution in [2.24, 2.45) is 5.92 Å². The Morgan fingerprint density at radius 1 is 1.33 bits per heavy atom. The van der Waals surface area contributed by atoms with Crippen molar-refractivity contribution in [2.45, 2.75) is 13.5 Å². The number of nitrogens with zero attached hydrogens (tertiary/aromatic N) is 2. The van der Waals surface area contributed by atoms with E-state index < -0.39 is 0 Å². The van der Waals surface area contributed by atoms with Crippen LogP contribution in [-0.4, -0.2) is 22.9 Å². The fourth-order valence-corrected chi connectivity index (χ4v) is 1.78. The number of ether oxygens (including phenoxy) is 1. The van der Waals surface area contributed by atoms with Crippen molar-refractivity contribution in [3.05, 3.63) is 42.6 Å². The van der Waals surface area contributed by atoms with E-state index in [2.05, 4.69) is 5.10 Å². The van der Waals surface area contributed by atoms with Crippen molar-refractivity contribution in [2.75, 3.05) is 7.11 Å². The van der Waals surface area contributed by atoms with E-state index in [0.29, 0.717) is 6.54 Å². The third-order valence-electron chi connectivity index (χ3n) is 2.77. The summed E-state index contributed by atoms with van der Waals surface area (Å²) in [7, 11) is 1.40. The number of hydrogen-bond donors (Lipinski definition) is 0. The molecule has 0 fully saturated rings. The lowest BCUT2D eigenvalue weighted by molar-refractivity contribution is -0.145. The van der Waals surface area contributed by atoms with Crippen LogP contribution in [0.5, 0.6) is 0 Å². The third-order valence-corrected chi connectivity index (χ3v) is 2.77. The van der Waals surface area contributed by atoms with Gasteiger partial charge in [-0.15, -0.1) is 0 Å². The Morgan fingerprint density at radius 3 is 2.72 bits per heavy atom. The van der Waals surface area contributed by atoms with Gasteiger partial charge in [-0.1, -0.05) is 37.3 Å². The molecule has 0 amide bonds. The average Bonchev–Trinajstić information content (AvgIpc) is 2.87. The van der Waals surface area contributed by atoms with E-state index in [1.54, 1.807) is 4.68 Å². The first-order valence-corrected chi connectivity index (χ1v) is 5.87. The highest BCUT2D eigenvalue weighted by Crippen LogP contribution is 2.16. The second kappa shape index (κ2) is 5.49. The monoisotopic (exact) mass is 244 g/mol. The first kappa shape index (κ1) is 12.4. The topological polar surface area (TPSA) is 44.1 Å². The Balaban J connectivity index is 2.09. The molecule has 4 heteroatoms. The van der Waals surface area contributed by atoms with Crippen molar-refractivity contribution < 1.29 is 9.53 Å². The molecule has 0 aliphatic rings. The molecule has 0 aliphatic carbocycles. The van der Waals surface area contributed by atoms with Gasteiger partial charge in [0.05, 0.1) is 25.3 Å². The van der Waals surface area contributed by atoms with Crippen molar-refractivity contribution in [1.29, 1.82) is 0 Å². The minimum atomic E-state index is -0.216. The SMILES string of the molecule is COC(=O)C(C)Cn1ccc(-c2ccccc2)n1. The number of esters is 1. The molecule has 1 atom stereocenters. The van der Waals surface area contributed by atoms with Crippen LogP contribution in [0.3, 0.4) is 0 Å². The van der Waals surface area contributed by atoms with Crippen molar-refractivity contribution in [3.63, 3.8) is 0 Å². The van der Waals surface area contributed by atoms with Gasteiger partial charge in [0.25, 0.3) is 0 Å². The summed E-state index contributed by atoms with van der Waals surface area (Å²) >= 11 is 0. The quantitative estimate of drug-likeness (QED) is 0.775. The van der Waals surface area contributed by atoms with Gasteiger partial charge in [-0.2, -0.15) is 5.10 Å². The van der Waals surface area contributed by atoms with Crippen LogP contribution in [0.1, 0.15) is 6.92 Å². The predicted octanol–water partition coefficient (Wildman–Crippen LogP) is 2.36. The van der Waals surface area contributed by atoms with Crippen LogP contribution in [0.2, 0.25) is 0 Å². The first-order valence-electron chi connectivity index (χ1n) is 5.87. The molecular weight excluding hydrogens is 228 g/mol. The van der Waals surface area contributed by atoms with E-state index >= 15 is 0 Å². The molecule has 1 aromatic heterocycles. The number of carbonyl (C=O) groups excluding carboxylic acids is 1. The summed E-state index contributed by atoms with van der Waals surface area (Å²) in [4.78, 5) is 11.3. The molecule has 0 saturated heterocycles. The Kier molecular flexibility index (Phi) is 3.77. The zero-order valence-corrected chi connectivity index (χ0v) is 10.5. The van der Waals surface area contributed by atoms with Gasteiger partial charge in [-0.3, -0.25) is 9.48 Å². The average molecular weight is 244 g/mol. The molecule has 18 heavy (non-hydrogen) atoms. The molecule has 0 bridgehead atoms. The number of rotatable bonds is 4. The maximum atomic E-state index is 11.3. The van der Waals surface area contributed by atoms with Gasteiger partial charge in [-0.05, 0) is 6.07 Å². The molecule has 0 aliphatic heterocycles. The largest absolute Gasteiger partial charge is 0.469 e. The maximum Gasteiger partial charge on any atom is 0.310 e. The number of benzene rings is 1. The van der Waals surface area contributed by atoms with E-state index in [0.717, 1.165) is 11.3 Å². The fourth-order valence-electron chi connectivity index (χ4n) is 1.78. The van der Waals surface area contributed by atoms with Crippen LogP contribution in [0, 0.1) is 5.92 Å². The zero-order valence-electron chi connectivity index (χ0n) is 10.5. The molecule has 1 aromatic carbocycles. The van der Waals surface area contributed by atoms with Crippen LogP contribution in [0.4, 0.5) is 0 Å². The number of aromatic nitrogens is 2. The van der Waals surface area contributed by atoms with Crippen molar-refractivity contribution in [1.82, 2.24) is 9.78 Å². The second-order valence-corrected chi connectivity index (χ2v) is 4.21. The lowest BCUT2D eigenvalue weighted by Gasteiger charge is -2.08. The standard InChI is InChI=1S/C14H16N2O2/c1-11(14(17)18-2)10-16-9-8-13(15-16)12-6-4-3-5-7-12/h3-9,11H,10H2,1-2H3. The van der Waals surface area contributed by atoms with Crippen LogP contribution in [0.15, 0.2) is 42.6 Å². The molecule has 0 saturated carbocycles. The molecule has 0 N–H and O–H groups in total. The third kappa shape index (κ3) is 2.77. The number of carbonyl (C=O) groups is 1. The molecule has 1 unspecified atom stereocenters. The van der Waals surface area contributed by atoms with Gasteiger partial charge in [0.15, 0.2) is 0 Å². The summed E-state index contributed by atoms with van der Waals surface area (Å²) < 4.78 is 6.46. The summed E-state index contributed by atoms with van der Waals surface area (Å²) in [5.74, 6) is -0.412. The molecule has 2 aromatic rings. The molecule has 2 rings (SSSR count). The highest BCUT2D eigenvalue weighted by molar-refractivity contribution is 5.71. The molecule has 0 radical (unpaired) electrons. The summed E-state index contributed by atoms with van der Waals surface area (Å²) in [6, 6.07) is 11.9. The van der Waals surface area contributed by atoms with Gasteiger partial charge >= 0.3 is 5.97 Å². The van der Waals surface area contributed by atoms with Crippen LogP contribution in [-0.2, 0) is 16.1 Å². The normalized spacial score (nSPS) is 12.1. The van der Waals surface area contributed by atoms with E-state index in [1.165, 1.54) is 7.11 Å². The van der Waals surface area contributed by atoms with Gasteiger partial charge < -0.3 is 4.74 Å². The summed E-state index contributed by atoms with van der Waals surface area (Å²) in [6.07, 6.45) is 1.88. The Labute approximate surface area is 106 Å². The van der Waals surface area contributed by atoms with Crippen LogP contribution >= 0.6 is 0 Å². The minimum Gasteiger partial charge on any atom is -0.469 e. The smallest absolute Gasteiger partial charge is 0.310 e. The Morgan fingerprint density at radius 2 is 2.06 bits per heavy atom. The first-order chi connectivity index (χ1) is 8.70. The van der Waals surface area contributed by atoms with Crippen molar-refractivity contribution >= 4 is 5.97 Å². The van der Waals surface area contributed by atoms with E-state index in [9.17, 15) is 4.79 Å². The Hall–Kier alpha value is -2.10. The lowest BCUT2D eigenvalue weighted by Crippen LogP contribution is -2.19. The molecule has 0 spiro atoms. The summed E-state index contributed by atoms with van der Waals surface area (Å²) in [5.41, 5.74) is 1.98. The fraction of sp³-hybridized carbons (Fsp3) is 0.286. The molecular formula is C14H16N2O2. The molecule has 1 heterocycles. The van der Waals surface area contributed by atoms with Gasteiger partial charge in [0, 0.05) is 11.8 Å². The zero-order chi connectivity index (χ0) is 13.0. The minimum absolute atomic E-state index is 0.196. The second-order valence-electron chi connectivity index (χ2n) is 4.21. The highest BCUT2D eigenvalue weighted by Gasteiger charge is 2.14. The lowest BCUT2D eigenvalue weighted by atomic mass is 10.2. The number of hydrogen-bond acceptors (Lipinski definition) is 3. The summed E-state index contributed by atoms with van der Waals surface area (Å²) in [5, 5.41) is 4.45. The van der Waals surface area contributed by atoms with E-state index in [-0.39, 0.29) is 11.9 Å². The number of methoxy groups -OCH3 is 1. The molecule has 94 valence electrons. The van der Waals surface area contributed by atoms with Gasteiger partial charge in [0.1, 0.15) is 0 Å². The van der Waals surface area contributed by atoms with Crippen LogP contribution in [0.25, 0.3) is 11.3 Å². The predicted molar refractivity (Wildman–Crippen MR) is 68.8 cm³/mol. The van der Waals surface area contributed by atoms with Crippen molar-refractivity contribution in [3.8, 4) is 11.3 Å².